The van der Waals surface area contributed by atoms with Crippen LogP contribution in [-0.4, -0.2) is 41.1 Å². The van der Waals surface area contributed by atoms with E-state index in [-0.39, 0.29) is 29.2 Å². The molecule has 2 aliphatic carbocycles. The number of nitrogens with zero attached hydrogens (tertiary/aromatic N) is 1. The van der Waals surface area contributed by atoms with Crippen LogP contribution < -0.4 is 15.5 Å². The van der Waals surface area contributed by atoms with Gasteiger partial charge in [-0.15, -0.1) is 0 Å². The van der Waals surface area contributed by atoms with Crippen molar-refractivity contribution in [2.75, 3.05) is 16.8 Å². The van der Waals surface area contributed by atoms with Crippen LogP contribution in [-0.2, 0) is 14.4 Å². The van der Waals surface area contributed by atoms with Crippen LogP contribution in [0.1, 0.15) is 35.2 Å². The first kappa shape index (κ1) is 24.4. The van der Waals surface area contributed by atoms with Gasteiger partial charge in [-0.3, -0.25) is 19.2 Å². The lowest BCUT2D eigenvalue weighted by Gasteiger charge is -2.19. The molecule has 6 rings (SSSR count). The van der Waals surface area contributed by atoms with Crippen molar-refractivity contribution in [3.8, 4) is 0 Å². The van der Waals surface area contributed by atoms with Gasteiger partial charge in [0.1, 0.15) is 6.04 Å². The molecule has 9 heteroatoms. The number of H-pyrrole nitrogens is 1. The Hall–Kier alpha value is -3.91. The number of aryl methyl sites for hydroxylation is 1. The summed E-state index contributed by atoms with van der Waals surface area (Å²) >= 11 is 6.33. The Morgan fingerprint density at radius 2 is 1.92 bits per heavy atom. The third-order valence-corrected chi connectivity index (χ3v) is 8.22. The lowest BCUT2D eigenvalue weighted by atomic mass is 9.93. The highest BCUT2D eigenvalue weighted by molar-refractivity contribution is 6.45. The van der Waals surface area contributed by atoms with Gasteiger partial charge in [0.15, 0.2) is 0 Å². The second-order valence-corrected chi connectivity index (χ2v) is 10.8. The maximum absolute atomic E-state index is 13.1. The van der Waals surface area contributed by atoms with Crippen LogP contribution in [0, 0.1) is 24.7 Å². The number of carbonyl (C=O) groups excluding carboxylic acids is 4. The summed E-state index contributed by atoms with van der Waals surface area (Å²) in [6.07, 6.45) is 8.06. The monoisotopic (exact) mass is 530 g/mol. The highest BCUT2D eigenvalue weighted by Crippen LogP contribution is 2.44. The number of halogens is 1. The molecule has 4 atom stereocenters. The summed E-state index contributed by atoms with van der Waals surface area (Å²) in [6.45, 7) is 2.30. The zero-order valence-electron chi connectivity index (χ0n) is 20.8. The van der Waals surface area contributed by atoms with Gasteiger partial charge in [0, 0.05) is 35.2 Å². The van der Waals surface area contributed by atoms with Crippen LogP contribution in [0.25, 0.3) is 10.9 Å². The molecule has 2 bridgehead atoms. The van der Waals surface area contributed by atoms with Crippen molar-refractivity contribution in [2.45, 2.75) is 32.2 Å². The third kappa shape index (κ3) is 4.28. The van der Waals surface area contributed by atoms with Crippen LogP contribution in [0.15, 0.2) is 54.7 Å². The van der Waals surface area contributed by atoms with Crippen LogP contribution >= 0.6 is 11.6 Å². The molecule has 1 saturated heterocycles. The number of Topliss-reactive ketones (excluding diaryl/α,β-unsaturated/α-hetero) is 1. The Morgan fingerprint density at radius 3 is 2.66 bits per heavy atom. The molecule has 1 aromatic heterocycles. The fourth-order valence-electron chi connectivity index (χ4n) is 5.93. The van der Waals surface area contributed by atoms with Gasteiger partial charge in [-0.2, -0.15) is 0 Å². The maximum Gasteiger partial charge on any atom is 0.293 e. The van der Waals surface area contributed by atoms with Gasteiger partial charge in [-0.25, -0.2) is 0 Å². The average molecular weight is 531 g/mol. The minimum Gasteiger partial charge on any atom is -0.360 e. The van der Waals surface area contributed by atoms with Crippen molar-refractivity contribution in [3.63, 3.8) is 0 Å². The molecule has 3 unspecified atom stereocenters. The Morgan fingerprint density at radius 1 is 1.08 bits per heavy atom. The van der Waals surface area contributed by atoms with Crippen molar-refractivity contribution in [2.24, 2.45) is 17.8 Å². The predicted molar refractivity (Wildman–Crippen MR) is 145 cm³/mol. The fourth-order valence-corrected chi connectivity index (χ4v) is 6.27. The average Bonchev–Trinajstić information content (AvgIpc) is 3.69. The van der Waals surface area contributed by atoms with E-state index in [4.69, 9.17) is 11.6 Å². The molecular formula is C29H27ClN4O4. The zero-order chi connectivity index (χ0) is 26.6. The number of amides is 3. The number of aromatic nitrogens is 1. The molecule has 194 valence electrons. The molecule has 0 radical (unpaired) electrons. The number of hydrogen-bond acceptors (Lipinski definition) is 4. The largest absolute Gasteiger partial charge is 0.360 e. The van der Waals surface area contributed by atoms with Gasteiger partial charge in [-0.05, 0) is 73.9 Å². The van der Waals surface area contributed by atoms with E-state index in [1.54, 1.807) is 30.3 Å². The summed E-state index contributed by atoms with van der Waals surface area (Å²) in [5.74, 6) is -1.22. The molecule has 2 fully saturated rings. The minimum atomic E-state index is -0.857. The normalized spacial score (nSPS) is 23.8. The first-order chi connectivity index (χ1) is 18.3. The van der Waals surface area contributed by atoms with Crippen molar-refractivity contribution in [3.05, 3.63) is 70.9 Å². The predicted octanol–water partition coefficient (Wildman–Crippen LogP) is 4.38. The number of carbonyl (C=O) groups is 4. The van der Waals surface area contributed by atoms with Crippen LogP contribution in [0.2, 0.25) is 5.02 Å². The van der Waals surface area contributed by atoms with Crippen molar-refractivity contribution in [1.29, 1.82) is 0 Å². The van der Waals surface area contributed by atoms with Crippen LogP contribution in [0.5, 0.6) is 0 Å². The first-order valence-corrected chi connectivity index (χ1v) is 13.2. The number of nitrogens with one attached hydrogen (secondary N) is 3. The molecule has 3 amide bonds. The molecular weight excluding hydrogens is 504 g/mol. The summed E-state index contributed by atoms with van der Waals surface area (Å²) in [4.78, 5) is 56.4. The SMILES string of the molecule is Cc1ccc(N2CCC(NC(=O)C(=O)c3c[nH]c4ccc(NC(=O)[C@@H]5CC6C=CC5C6)cc34)C2=O)c(Cl)c1. The summed E-state index contributed by atoms with van der Waals surface area (Å²) in [5.41, 5.74) is 2.97. The van der Waals surface area contributed by atoms with Crippen LogP contribution in [0.3, 0.4) is 0 Å². The highest BCUT2D eigenvalue weighted by Gasteiger charge is 2.40. The van der Waals surface area contributed by atoms with E-state index >= 15 is 0 Å². The fraction of sp³-hybridized carbons (Fsp3) is 0.310. The third-order valence-electron chi connectivity index (χ3n) is 7.92. The topological polar surface area (TPSA) is 111 Å². The Kier molecular flexibility index (Phi) is 6.07. The molecule has 1 aliphatic heterocycles. The standard InChI is InChI=1S/C29H27ClN4O4/c1-15-2-7-25(22(30)10-15)34-9-8-24(29(34)38)33-28(37)26(35)21-14-31-23-6-5-18(13-20(21)23)32-27(36)19-12-16-3-4-17(19)11-16/h2-7,10,13-14,16-17,19,24,31H,8-9,11-12H2,1H3,(H,32,36)(H,33,37)/t16?,17?,19-,24?/m1/s1. The van der Waals surface area contributed by atoms with Gasteiger partial charge >= 0.3 is 0 Å². The number of aromatic amines is 1. The van der Waals surface area contributed by atoms with E-state index in [1.807, 2.05) is 13.0 Å². The number of allylic oxidation sites excluding steroid dienone is 2. The molecule has 2 aromatic carbocycles. The summed E-state index contributed by atoms with van der Waals surface area (Å²) in [7, 11) is 0. The molecule has 8 nitrogen and oxygen atoms in total. The molecule has 3 aliphatic rings. The smallest absolute Gasteiger partial charge is 0.293 e. The van der Waals surface area contributed by atoms with Gasteiger partial charge in [0.2, 0.25) is 11.8 Å². The molecule has 38 heavy (non-hydrogen) atoms. The molecule has 3 aromatic rings. The van der Waals surface area contributed by atoms with Crippen molar-refractivity contribution >= 4 is 57.4 Å². The Balaban J connectivity index is 1.15. The van der Waals surface area contributed by atoms with Crippen LogP contribution in [0.4, 0.5) is 11.4 Å². The van der Waals surface area contributed by atoms with Gasteiger partial charge in [0.25, 0.3) is 11.7 Å². The maximum atomic E-state index is 13.1. The van der Waals surface area contributed by atoms with E-state index in [9.17, 15) is 19.2 Å². The number of fused-ring (bicyclic) bond motifs is 3. The van der Waals surface area contributed by atoms with Crippen molar-refractivity contribution in [1.82, 2.24) is 10.3 Å². The molecule has 0 spiro atoms. The number of anilines is 2. The van der Waals surface area contributed by atoms with Crippen molar-refractivity contribution < 1.29 is 19.2 Å². The summed E-state index contributed by atoms with van der Waals surface area (Å²) in [6, 6.07) is 9.85. The molecule has 3 N–H and O–H groups in total. The number of benzene rings is 2. The zero-order valence-corrected chi connectivity index (χ0v) is 21.5. The summed E-state index contributed by atoms with van der Waals surface area (Å²) in [5, 5.41) is 6.57. The Labute approximate surface area is 224 Å². The molecule has 2 heterocycles. The number of ketones is 1. The minimum absolute atomic E-state index is 0.0275. The lowest BCUT2D eigenvalue weighted by Crippen LogP contribution is -2.44. The second kappa shape index (κ2) is 9.44. The lowest BCUT2D eigenvalue weighted by molar-refractivity contribution is -0.124. The van der Waals surface area contributed by atoms with Gasteiger partial charge < -0.3 is 20.5 Å². The quantitative estimate of drug-likeness (QED) is 0.249. The van der Waals surface area contributed by atoms with Gasteiger partial charge in [-0.1, -0.05) is 29.8 Å². The van der Waals surface area contributed by atoms with E-state index in [2.05, 4.69) is 27.8 Å². The molecule has 1 saturated carbocycles. The summed E-state index contributed by atoms with van der Waals surface area (Å²) < 4.78 is 0. The number of hydrogen-bond donors (Lipinski definition) is 3. The van der Waals surface area contributed by atoms with Gasteiger partial charge in [0.05, 0.1) is 16.3 Å². The Bertz CT molecular complexity index is 1530. The van der Waals surface area contributed by atoms with E-state index in [0.717, 1.165) is 18.4 Å². The first-order valence-electron chi connectivity index (χ1n) is 12.8. The van der Waals surface area contributed by atoms with E-state index in [0.29, 0.717) is 46.2 Å². The second-order valence-electron chi connectivity index (χ2n) is 10.4. The highest BCUT2D eigenvalue weighted by atomic mass is 35.5. The number of rotatable bonds is 6. The van der Waals surface area contributed by atoms with E-state index < -0.39 is 17.7 Å². The van der Waals surface area contributed by atoms with E-state index in [1.165, 1.54) is 11.1 Å².